The number of ether oxygens (including phenoxy) is 1. The van der Waals surface area contributed by atoms with Gasteiger partial charge in [-0.3, -0.25) is 9.48 Å². The molecule has 1 aliphatic heterocycles. The largest absolute Gasteiger partial charge is 0.450 e. The van der Waals surface area contributed by atoms with E-state index in [-0.39, 0.29) is 18.0 Å². The second kappa shape index (κ2) is 7.99. The van der Waals surface area contributed by atoms with Crippen molar-refractivity contribution < 1.29 is 14.3 Å². The minimum absolute atomic E-state index is 0.0870. The summed E-state index contributed by atoms with van der Waals surface area (Å²) in [5.74, 6) is -0.118. The van der Waals surface area contributed by atoms with Gasteiger partial charge in [-0.1, -0.05) is 0 Å². The van der Waals surface area contributed by atoms with Gasteiger partial charge in [-0.25, -0.2) is 4.79 Å². The van der Waals surface area contributed by atoms with Crippen molar-refractivity contribution in [3.63, 3.8) is 0 Å². The molecule has 1 N–H and O–H groups in total. The Morgan fingerprint density at radius 1 is 1.33 bits per heavy atom. The Morgan fingerprint density at radius 3 is 2.54 bits per heavy atom. The molecule has 0 unspecified atom stereocenters. The van der Waals surface area contributed by atoms with Gasteiger partial charge in [0.25, 0.3) is 0 Å². The number of rotatable bonds is 4. The number of likely N-dealkylation sites (tertiary alicyclic amines) is 1. The normalized spacial score (nSPS) is 15.8. The molecule has 7 heteroatoms. The summed E-state index contributed by atoms with van der Waals surface area (Å²) in [5, 5.41) is 7.32. The first-order valence-corrected chi connectivity index (χ1v) is 8.32. The number of carbonyl (C=O) groups is 2. The minimum atomic E-state index is -0.273. The van der Waals surface area contributed by atoms with Gasteiger partial charge in [0, 0.05) is 43.5 Å². The van der Waals surface area contributed by atoms with Crippen molar-refractivity contribution in [2.24, 2.45) is 7.05 Å². The molecule has 0 atom stereocenters. The molecule has 1 saturated heterocycles. The van der Waals surface area contributed by atoms with Crippen LogP contribution in [-0.2, 0) is 16.6 Å². The highest BCUT2D eigenvalue weighted by Gasteiger charge is 2.24. The van der Waals surface area contributed by atoms with E-state index in [2.05, 4.69) is 10.4 Å². The molecule has 2 amide bonds. The smallest absolute Gasteiger partial charge is 0.409 e. The van der Waals surface area contributed by atoms with Crippen LogP contribution < -0.4 is 5.32 Å². The zero-order valence-electron chi connectivity index (χ0n) is 14.8. The molecule has 1 aliphatic rings. The van der Waals surface area contributed by atoms with E-state index < -0.39 is 0 Å². The van der Waals surface area contributed by atoms with Crippen LogP contribution in [0.3, 0.4) is 0 Å². The van der Waals surface area contributed by atoms with E-state index in [1.807, 2.05) is 20.9 Å². The van der Waals surface area contributed by atoms with Gasteiger partial charge in [0.2, 0.25) is 5.91 Å². The summed E-state index contributed by atoms with van der Waals surface area (Å²) in [6.45, 7) is 7.29. The van der Waals surface area contributed by atoms with Crippen molar-refractivity contribution in [2.75, 3.05) is 19.7 Å². The van der Waals surface area contributed by atoms with E-state index in [9.17, 15) is 9.59 Å². The number of carbonyl (C=O) groups excluding carboxylic acids is 2. The molecule has 132 valence electrons. The van der Waals surface area contributed by atoms with E-state index in [4.69, 9.17) is 4.74 Å². The number of hydrogen-bond acceptors (Lipinski definition) is 4. The van der Waals surface area contributed by atoms with Gasteiger partial charge in [-0.2, -0.15) is 5.10 Å². The maximum absolute atomic E-state index is 12.1. The van der Waals surface area contributed by atoms with E-state index in [0.29, 0.717) is 19.7 Å². The summed E-state index contributed by atoms with van der Waals surface area (Å²) in [7, 11) is 1.89. The highest BCUT2D eigenvalue weighted by Crippen LogP contribution is 2.14. The SMILES string of the molecule is CCOC(=O)N1CCC(NC(=O)/C=C/c2c(C)nn(C)c2C)CC1. The predicted molar refractivity (Wildman–Crippen MR) is 91.5 cm³/mol. The second-order valence-electron chi connectivity index (χ2n) is 6.01. The number of nitrogens with zero attached hydrogens (tertiary/aromatic N) is 3. The quantitative estimate of drug-likeness (QED) is 0.852. The number of aryl methyl sites for hydroxylation is 2. The highest BCUT2D eigenvalue weighted by molar-refractivity contribution is 5.92. The number of amides is 2. The van der Waals surface area contributed by atoms with Crippen molar-refractivity contribution >= 4 is 18.1 Å². The Bertz CT molecular complexity index is 628. The Kier molecular flexibility index (Phi) is 6.00. The number of hydrogen-bond donors (Lipinski definition) is 1. The number of nitrogens with one attached hydrogen (secondary N) is 1. The van der Waals surface area contributed by atoms with Crippen molar-refractivity contribution in [3.8, 4) is 0 Å². The molecule has 1 fully saturated rings. The van der Waals surface area contributed by atoms with Crippen molar-refractivity contribution in [2.45, 2.75) is 39.7 Å². The lowest BCUT2D eigenvalue weighted by atomic mass is 10.1. The fourth-order valence-corrected chi connectivity index (χ4v) is 2.86. The lowest BCUT2D eigenvalue weighted by molar-refractivity contribution is -0.117. The fraction of sp³-hybridized carbons (Fsp3) is 0.588. The van der Waals surface area contributed by atoms with Crippen LogP contribution in [0.5, 0.6) is 0 Å². The van der Waals surface area contributed by atoms with Gasteiger partial charge in [0.05, 0.1) is 12.3 Å². The molecule has 2 heterocycles. The second-order valence-corrected chi connectivity index (χ2v) is 6.01. The third kappa shape index (κ3) is 4.37. The summed E-state index contributed by atoms with van der Waals surface area (Å²) >= 11 is 0. The fourth-order valence-electron chi connectivity index (χ4n) is 2.86. The van der Waals surface area contributed by atoms with E-state index in [0.717, 1.165) is 29.8 Å². The highest BCUT2D eigenvalue weighted by atomic mass is 16.6. The average molecular weight is 334 g/mol. The third-order valence-electron chi connectivity index (χ3n) is 4.33. The molecular weight excluding hydrogens is 308 g/mol. The third-order valence-corrected chi connectivity index (χ3v) is 4.33. The summed E-state index contributed by atoms with van der Waals surface area (Å²) in [5.41, 5.74) is 2.91. The van der Waals surface area contributed by atoms with Gasteiger partial charge in [-0.05, 0) is 39.7 Å². The Morgan fingerprint density at radius 2 is 2.00 bits per heavy atom. The topological polar surface area (TPSA) is 76.5 Å². The molecule has 1 aromatic heterocycles. The van der Waals surface area contributed by atoms with Gasteiger partial charge in [0.15, 0.2) is 0 Å². The molecule has 0 spiro atoms. The van der Waals surface area contributed by atoms with Gasteiger partial charge < -0.3 is 15.0 Å². The van der Waals surface area contributed by atoms with Gasteiger partial charge in [0.1, 0.15) is 0 Å². The molecule has 2 rings (SSSR count). The zero-order valence-corrected chi connectivity index (χ0v) is 14.8. The van der Waals surface area contributed by atoms with E-state index in [1.54, 1.807) is 28.7 Å². The summed E-state index contributed by atoms with van der Waals surface area (Å²) in [4.78, 5) is 25.4. The van der Waals surface area contributed by atoms with Gasteiger partial charge >= 0.3 is 6.09 Å². The molecular formula is C17H26N4O3. The maximum atomic E-state index is 12.1. The minimum Gasteiger partial charge on any atom is -0.450 e. The lowest BCUT2D eigenvalue weighted by Gasteiger charge is -2.31. The van der Waals surface area contributed by atoms with Crippen LogP contribution in [0.1, 0.15) is 36.7 Å². The first-order valence-electron chi connectivity index (χ1n) is 8.32. The van der Waals surface area contributed by atoms with Crippen LogP contribution >= 0.6 is 0 Å². The van der Waals surface area contributed by atoms with Crippen molar-refractivity contribution in [1.29, 1.82) is 0 Å². The molecule has 24 heavy (non-hydrogen) atoms. The summed E-state index contributed by atoms with van der Waals surface area (Å²) < 4.78 is 6.79. The molecule has 0 bridgehead atoms. The predicted octanol–water partition coefficient (Wildman–Crippen LogP) is 1.79. The summed E-state index contributed by atoms with van der Waals surface area (Å²) in [6, 6.07) is 0.0870. The molecule has 0 radical (unpaired) electrons. The molecule has 0 aromatic carbocycles. The van der Waals surface area contributed by atoms with Crippen LogP contribution in [0.2, 0.25) is 0 Å². The zero-order chi connectivity index (χ0) is 17.7. The maximum Gasteiger partial charge on any atom is 0.409 e. The number of aromatic nitrogens is 2. The van der Waals surface area contributed by atoms with Gasteiger partial charge in [-0.15, -0.1) is 0 Å². The number of piperidine rings is 1. The van der Waals surface area contributed by atoms with Crippen molar-refractivity contribution in [3.05, 3.63) is 23.0 Å². The molecule has 0 saturated carbocycles. The van der Waals surface area contributed by atoms with Crippen LogP contribution in [0.4, 0.5) is 4.79 Å². The van der Waals surface area contributed by atoms with Crippen LogP contribution in [0.25, 0.3) is 6.08 Å². The van der Waals surface area contributed by atoms with Crippen LogP contribution in [0, 0.1) is 13.8 Å². The lowest BCUT2D eigenvalue weighted by Crippen LogP contribution is -2.46. The Labute approximate surface area is 142 Å². The van der Waals surface area contributed by atoms with E-state index in [1.165, 1.54) is 0 Å². The molecule has 1 aromatic rings. The standard InChI is InChI=1S/C17H26N4O3/c1-5-24-17(23)21-10-8-14(9-11-21)18-16(22)7-6-15-12(2)19-20(4)13(15)3/h6-7,14H,5,8-11H2,1-4H3,(H,18,22)/b7-6+. The first-order chi connectivity index (χ1) is 11.4. The van der Waals surface area contributed by atoms with Crippen LogP contribution in [-0.4, -0.2) is 52.4 Å². The summed E-state index contributed by atoms with van der Waals surface area (Å²) in [6.07, 6.45) is 4.56. The van der Waals surface area contributed by atoms with Crippen molar-refractivity contribution in [1.82, 2.24) is 20.0 Å². The Hall–Kier alpha value is -2.31. The average Bonchev–Trinajstić information content (AvgIpc) is 2.79. The monoisotopic (exact) mass is 334 g/mol. The van der Waals surface area contributed by atoms with Crippen LogP contribution in [0.15, 0.2) is 6.08 Å². The molecule has 0 aliphatic carbocycles. The first kappa shape index (κ1) is 18.0. The molecule has 7 nitrogen and oxygen atoms in total. The van der Waals surface area contributed by atoms with E-state index >= 15 is 0 Å². The Balaban J connectivity index is 1.83.